The van der Waals surface area contributed by atoms with Crippen LogP contribution in [-0.4, -0.2) is 40.8 Å². The minimum Gasteiger partial charge on any atom is -0.507 e. The standard InChI is InChI=1S/C23H23N3O4/c1-2-24-11-12-26-20(14-7-9-25-10-8-14)19-18-17(23(28)29)13-30-22(18)16-6-4-3-5-15(16)21(19)27/h3-10,13,20,24,26-27H,2,11-12H2,1H3,(H,28,29). The van der Waals surface area contributed by atoms with Crippen molar-refractivity contribution in [2.75, 3.05) is 19.6 Å². The Morgan fingerprint density at radius 3 is 2.57 bits per heavy atom. The lowest BCUT2D eigenvalue weighted by Crippen LogP contribution is -2.31. The van der Waals surface area contributed by atoms with Gasteiger partial charge in [0.15, 0.2) is 0 Å². The van der Waals surface area contributed by atoms with Gasteiger partial charge in [0.25, 0.3) is 0 Å². The molecule has 0 aliphatic carbocycles. The van der Waals surface area contributed by atoms with Gasteiger partial charge >= 0.3 is 5.97 Å². The second-order valence-electron chi connectivity index (χ2n) is 6.99. The van der Waals surface area contributed by atoms with E-state index in [1.54, 1.807) is 18.5 Å². The van der Waals surface area contributed by atoms with Crippen molar-refractivity contribution in [3.63, 3.8) is 0 Å². The fourth-order valence-electron chi connectivity index (χ4n) is 3.84. The number of rotatable bonds is 8. The highest BCUT2D eigenvalue weighted by atomic mass is 16.4. The van der Waals surface area contributed by atoms with Gasteiger partial charge in [-0.3, -0.25) is 4.98 Å². The number of benzene rings is 2. The van der Waals surface area contributed by atoms with Gasteiger partial charge in [-0.1, -0.05) is 31.2 Å². The molecule has 4 aromatic rings. The maximum atomic E-state index is 12.0. The number of aromatic carboxylic acids is 1. The highest BCUT2D eigenvalue weighted by Crippen LogP contribution is 2.44. The number of furan rings is 1. The molecule has 30 heavy (non-hydrogen) atoms. The molecular weight excluding hydrogens is 382 g/mol. The van der Waals surface area contributed by atoms with E-state index >= 15 is 0 Å². The van der Waals surface area contributed by atoms with Crippen molar-refractivity contribution < 1.29 is 19.4 Å². The van der Waals surface area contributed by atoms with Gasteiger partial charge in [-0.15, -0.1) is 0 Å². The average Bonchev–Trinajstić information content (AvgIpc) is 3.21. The molecule has 2 aromatic heterocycles. The molecule has 1 unspecified atom stereocenters. The molecule has 0 saturated carbocycles. The first kappa shape index (κ1) is 19.9. The Labute approximate surface area is 173 Å². The second-order valence-corrected chi connectivity index (χ2v) is 6.99. The highest BCUT2D eigenvalue weighted by Gasteiger charge is 2.28. The minimum atomic E-state index is -1.11. The van der Waals surface area contributed by atoms with Crippen LogP contribution in [0, 0.1) is 0 Å². The molecule has 0 aliphatic rings. The van der Waals surface area contributed by atoms with Crippen LogP contribution in [0.5, 0.6) is 5.75 Å². The highest BCUT2D eigenvalue weighted by molar-refractivity contribution is 6.15. The molecule has 0 saturated heterocycles. The van der Waals surface area contributed by atoms with Crippen molar-refractivity contribution in [1.82, 2.24) is 15.6 Å². The van der Waals surface area contributed by atoms with E-state index in [0.29, 0.717) is 33.8 Å². The molecule has 0 bridgehead atoms. The predicted molar refractivity (Wildman–Crippen MR) is 115 cm³/mol. The summed E-state index contributed by atoms with van der Waals surface area (Å²) < 4.78 is 5.70. The van der Waals surface area contributed by atoms with Gasteiger partial charge < -0.3 is 25.3 Å². The van der Waals surface area contributed by atoms with E-state index in [1.807, 2.05) is 37.3 Å². The maximum Gasteiger partial charge on any atom is 0.339 e. The molecule has 0 amide bonds. The van der Waals surface area contributed by atoms with E-state index in [-0.39, 0.29) is 11.3 Å². The van der Waals surface area contributed by atoms with Crippen molar-refractivity contribution >= 4 is 27.7 Å². The summed E-state index contributed by atoms with van der Waals surface area (Å²) in [5, 5.41) is 29.5. The summed E-state index contributed by atoms with van der Waals surface area (Å²) in [6.07, 6.45) is 4.60. The lowest BCUT2D eigenvalue weighted by Gasteiger charge is -2.23. The molecule has 1 atom stereocenters. The number of carboxylic acids is 1. The number of aromatic hydroxyl groups is 1. The number of phenolic OH excluding ortho intramolecular Hbond substituents is 1. The van der Waals surface area contributed by atoms with Crippen LogP contribution in [0.1, 0.15) is 34.5 Å². The van der Waals surface area contributed by atoms with Crippen LogP contribution in [0.25, 0.3) is 21.7 Å². The lowest BCUT2D eigenvalue weighted by molar-refractivity contribution is 0.0698. The fourth-order valence-corrected chi connectivity index (χ4v) is 3.84. The van der Waals surface area contributed by atoms with Gasteiger partial charge in [-0.25, -0.2) is 4.79 Å². The van der Waals surface area contributed by atoms with Gasteiger partial charge in [0.2, 0.25) is 0 Å². The van der Waals surface area contributed by atoms with Gasteiger partial charge in [0, 0.05) is 47.2 Å². The first-order chi connectivity index (χ1) is 14.6. The summed E-state index contributed by atoms with van der Waals surface area (Å²) in [5.41, 5.74) is 1.82. The number of fused-ring (bicyclic) bond motifs is 3. The first-order valence-electron chi connectivity index (χ1n) is 9.85. The third kappa shape index (κ3) is 3.49. The van der Waals surface area contributed by atoms with Gasteiger partial charge in [-0.05, 0) is 24.2 Å². The molecule has 154 valence electrons. The van der Waals surface area contributed by atoms with Crippen molar-refractivity contribution in [2.24, 2.45) is 0 Å². The summed E-state index contributed by atoms with van der Waals surface area (Å²) in [6.45, 7) is 4.23. The third-order valence-electron chi connectivity index (χ3n) is 5.20. The van der Waals surface area contributed by atoms with Crippen LogP contribution in [-0.2, 0) is 0 Å². The van der Waals surface area contributed by atoms with Crippen LogP contribution in [0.3, 0.4) is 0 Å². The molecule has 7 heteroatoms. The minimum absolute atomic E-state index is 0.0218. The lowest BCUT2D eigenvalue weighted by atomic mass is 9.90. The zero-order valence-electron chi connectivity index (χ0n) is 16.6. The smallest absolute Gasteiger partial charge is 0.339 e. The van der Waals surface area contributed by atoms with Crippen LogP contribution in [0.15, 0.2) is 59.5 Å². The summed E-state index contributed by atoms with van der Waals surface area (Å²) in [7, 11) is 0. The number of hydrogen-bond donors (Lipinski definition) is 4. The molecule has 2 heterocycles. The number of nitrogens with zero attached hydrogens (tertiary/aromatic N) is 1. The summed E-state index contributed by atoms with van der Waals surface area (Å²) >= 11 is 0. The molecule has 4 rings (SSSR count). The Morgan fingerprint density at radius 1 is 1.13 bits per heavy atom. The number of aromatic nitrogens is 1. The number of likely N-dealkylation sites (N-methyl/N-ethyl adjacent to an activating group) is 1. The summed E-state index contributed by atoms with van der Waals surface area (Å²) in [5.74, 6) is -1.06. The van der Waals surface area contributed by atoms with E-state index < -0.39 is 12.0 Å². The number of nitrogens with one attached hydrogen (secondary N) is 2. The number of carbonyl (C=O) groups is 1. The quantitative estimate of drug-likeness (QED) is 0.331. The van der Waals surface area contributed by atoms with E-state index in [9.17, 15) is 15.0 Å². The van der Waals surface area contributed by atoms with Gasteiger partial charge in [0.1, 0.15) is 23.2 Å². The van der Waals surface area contributed by atoms with Crippen LogP contribution in [0.4, 0.5) is 0 Å². The van der Waals surface area contributed by atoms with Crippen molar-refractivity contribution in [3.8, 4) is 5.75 Å². The predicted octanol–water partition coefficient (Wildman–Crippen LogP) is 3.67. The number of hydrogen-bond acceptors (Lipinski definition) is 6. The molecule has 0 radical (unpaired) electrons. The topological polar surface area (TPSA) is 108 Å². The third-order valence-corrected chi connectivity index (χ3v) is 5.20. The first-order valence-corrected chi connectivity index (χ1v) is 9.85. The molecule has 0 spiro atoms. The number of pyridine rings is 1. The summed E-state index contributed by atoms with van der Waals surface area (Å²) in [6, 6.07) is 10.5. The van der Waals surface area contributed by atoms with Gasteiger partial charge in [0.05, 0.1) is 6.04 Å². The van der Waals surface area contributed by atoms with Crippen LogP contribution in [0.2, 0.25) is 0 Å². The van der Waals surface area contributed by atoms with E-state index in [0.717, 1.165) is 18.7 Å². The molecule has 7 nitrogen and oxygen atoms in total. The van der Waals surface area contributed by atoms with Crippen LogP contribution >= 0.6 is 0 Å². The zero-order chi connectivity index (χ0) is 21.1. The largest absolute Gasteiger partial charge is 0.507 e. The number of carboxylic acid groups (broad SMARTS) is 1. The van der Waals surface area contributed by atoms with Crippen LogP contribution < -0.4 is 10.6 Å². The Bertz CT molecular complexity index is 1190. The molecular formula is C23H23N3O4. The average molecular weight is 405 g/mol. The molecule has 0 aliphatic heterocycles. The van der Waals surface area contributed by atoms with E-state index in [4.69, 9.17) is 4.42 Å². The maximum absolute atomic E-state index is 12.0. The fraction of sp³-hybridized carbons (Fsp3) is 0.217. The molecule has 2 aromatic carbocycles. The monoisotopic (exact) mass is 405 g/mol. The SMILES string of the molecule is CCNCCNC(c1ccncc1)c1c(O)c2ccccc2c2occ(C(=O)O)c12. The molecule has 4 N–H and O–H groups in total. The number of phenols is 1. The van der Waals surface area contributed by atoms with E-state index in [2.05, 4.69) is 15.6 Å². The Kier molecular flexibility index (Phi) is 5.65. The Hall–Kier alpha value is -3.42. The van der Waals surface area contributed by atoms with Crippen molar-refractivity contribution in [1.29, 1.82) is 0 Å². The van der Waals surface area contributed by atoms with E-state index in [1.165, 1.54) is 6.26 Å². The Morgan fingerprint density at radius 2 is 1.87 bits per heavy atom. The van der Waals surface area contributed by atoms with Crippen molar-refractivity contribution in [2.45, 2.75) is 13.0 Å². The van der Waals surface area contributed by atoms with Gasteiger partial charge in [-0.2, -0.15) is 0 Å². The normalized spacial score (nSPS) is 12.4. The van der Waals surface area contributed by atoms with Crippen molar-refractivity contribution in [3.05, 3.63) is 71.7 Å². The summed E-state index contributed by atoms with van der Waals surface area (Å²) in [4.78, 5) is 16.0. The molecule has 0 fully saturated rings. The Balaban J connectivity index is 1.99. The zero-order valence-corrected chi connectivity index (χ0v) is 16.6. The second kappa shape index (κ2) is 8.52.